The molecule has 0 saturated heterocycles. The van der Waals surface area contributed by atoms with Gasteiger partial charge in [-0.15, -0.1) is 0 Å². The summed E-state index contributed by atoms with van der Waals surface area (Å²) in [6.07, 6.45) is 54.7. The number of aliphatic hydroxyl groups is 2. The molecule has 344 valence electrons. The van der Waals surface area contributed by atoms with Gasteiger partial charge in [0.1, 0.15) is 0 Å². The van der Waals surface area contributed by atoms with Crippen LogP contribution in [0, 0.1) is 0 Å². The molecule has 0 spiro atoms. The molecule has 0 aromatic rings. The summed E-state index contributed by atoms with van der Waals surface area (Å²) in [6, 6.07) is -0.546. The Labute approximate surface area is 361 Å². The van der Waals surface area contributed by atoms with Crippen LogP contribution in [-0.2, 0) is 14.3 Å². The number of hydrogen-bond donors (Lipinski definition) is 3. The molecule has 0 aromatic heterocycles. The molecule has 58 heavy (non-hydrogen) atoms. The van der Waals surface area contributed by atoms with Crippen LogP contribution in [0.25, 0.3) is 0 Å². The van der Waals surface area contributed by atoms with Crippen molar-refractivity contribution < 1.29 is 24.5 Å². The van der Waals surface area contributed by atoms with Gasteiger partial charge in [0.25, 0.3) is 0 Å². The minimum absolute atomic E-state index is 0.00522. The molecule has 0 radical (unpaired) electrons. The Morgan fingerprint density at radius 2 is 0.810 bits per heavy atom. The standard InChI is InChI=1S/C52H101NO5/c1-3-5-7-9-11-13-14-15-16-17-18-19-23-26-30-34-38-42-46-52(57)58-47-43-39-35-31-27-24-21-20-22-25-29-33-37-41-45-51(56)53-49(48-54)50(55)44-40-36-32-28-12-10-8-6-4-2/h16-17,49-50,54-55H,3-15,18-48H2,1-2H3,(H,53,56)/b17-16-. The molecule has 2 atom stereocenters. The fraction of sp³-hybridized carbons (Fsp3) is 0.923. The highest BCUT2D eigenvalue weighted by Crippen LogP contribution is 2.16. The monoisotopic (exact) mass is 820 g/mol. The second-order valence-corrected chi connectivity index (χ2v) is 17.9. The van der Waals surface area contributed by atoms with E-state index in [1.807, 2.05) is 0 Å². The topological polar surface area (TPSA) is 95.9 Å². The van der Waals surface area contributed by atoms with Gasteiger partial charge in [-0.1, -0.05) is 231 Å². The Morgan fingerprint density at radius 3 is 1.22 bits per heavy atom. The zero-order valence-electron chi connectivity index (χ0n) is 39.0. The van der Waals surface area contributed by atoms with Gasteiger partial charge < -0.3 is 20.3 Å². The van der Waals surface area contributed by atoms with E-state index in [1.165, 1.54) is 199 Å². The van der Waals surface area contributed by atoms with Gasteiger partial charge in [-0.3, -0.25) is 9.59 Å². The number of nitrogens with one attached hydrogen (secondary N) is 1. The first-order chi connectivity index (χ1) is 28.5. The second-order valence-electron chi connectivity index (χ2n) is 17.9. The van der Waals surface area contributed by atoms with Crippen LogP contribution in [0.15, 0.2) is 12.2 Å². The zero-order chi connectivity index (χ0) is 42.3. The van der Waals surface area contributed by atoms with Crippen molar-refractivity contribution in [1.29, 1.82) is 0 Å². The molecule has 0 aliphatic rings. The third kappa shape index (κ3) is 44.2. The Hall–Kier alpha value is -1.40. The lowest BCUT2D eigenvalue weighted by atomic mass is 10.0. The molecule has 0 fully saturated rings. The molecule has 6 nitrogen and oxygen atoms in total. The Kier molecular flexibility index (Phi) is 47.1. The first-order valence-electron chi connectivity index (χ1n) is 25.9. The normalized spacial score (nSPS) is 12.7. The molecular weight excluding hydrogens is 719 g/mol. The lowest BCUT2D eigenvalue weighted by Gasteiger charge is -2.22. The first kappa shape index (κ1) is 56.6. The predicted octanol–water partition coefficient (Wildman–Crippen LogP) is 15.3. The van der Waals surface area contributed by atoms with Gasteiger partial charge >= 0.3 is 5.97 Å². The van der Waals surface area contributed by atoms with Crippen molar-refractivity contribution in [2.75, 3.05) is 13.2 Å². The second kappa shape index (κ2) is 48.3. The first-order valence-corrected chi connectivity index (χ1v) is 25.9. The van der Waals surface area contributed by atoms with E-state index < -0.39 is 12.1 Å². The van der Waals surface area contributed by atoms with Crippen LogP contribution in [0.5, 0.6) is 0 Å². The van der Waals surface area contributed by atoms with E-state index in [-0.39, 0.29) is 18.5 Å². The molecule has 0 rings (SSSR count). The molecule has 0 bridgehead atoms. The number of allylic oxidation sites excluding steroid dienone is 2. The molecule has 0 saturated carbocycles. The van der Waals surface area contributed by atoms with E-state index in [9.17, 15) is 19.8 Å². The van der Waals surface area contributed by atoms with Crippen LogP contribution in [0.2, 0.25) is 0 Å². The van der Waals surface area contributed by atoms with E-state index in [4.69, 9.17) is 4.74 Å². The number of aliphatic hydroxyl groups excluding tert-OH is 2. The maximum atomic E-state index is 12.4. The lowest BCUT2D eigenvalue weighted by molar-refractivity contribution is -0.143. The van der Waals surface area contributed by atoms with E-state index in [2.05, 4.69) is 31.3 Å². The molecule has 3 N–H and O–H groups in total. The largest absolute Gasteiger partial charge is 0.466 e. The summed E-state index contributed by atoms with van der Waals surface area (Å²) in [5.41, 5.74) is 0. The minimum Gasteiger partial charge on any atom is -0.466 e. The predicted molar refractivity (Wildman–Crippen MR) is 250 cm³/mol. The average molecular weight is 820 g/mol. The van der Waals surface area contributed by atoms with Crippen molar-refractivity contribution in [2.24, 2.45) is 0 Å². The van der Waals surface area contributed by atoms with Gasteiger partial charge in [-0.25, -0.2) is 0 Å². The molecule has 0 aliphatic heterocycles. The van der Waals surface area contributed by atoms with Crippen molar-refractivity contribution in [2.45, 2.75) is 296 Å². The maximum absolute atomic E-state index is 12.4. The van der Waals surface area contributed by atoms with Crippen molar-refractivity contribution in [1.82, 2.24) is 5.32 Å². The summed E-state index contributed by atoms with van der Waals surface area (Å²) >= 11 is 0. The SMILES string of the molecule is CCCCCCCCC/C=C\CCCCCCCCCC(=O)OCCCCCCCCCCCCCCCCC(=O)NC(CO)C(O)CCCCCCCCCCC. The molecule has 0 aliphatic carbocycles. The van der Waals surface area contributed by atoms with Crippen LogP contribution in [0.1, 0.15) is 284 Å². The fourth-order valence-corrected chi connectivity index (χ4v) is 8.05. The van der Waals surface area contributed by atoms with Crippen molar-refractivity contribution >= 4 is 11.9 Å². The van der Waals surface area contributed by atoms with Gasteiger partial charge in [0, 0.05) is 12.8 Å². The van der Waals surface area contributed by atoms with Gasteiger partial charge in [-0.05, 0) is 51.4 Å². The van der Waals surface area contributed by atoms with Crippen molar-refractivity contribution in [3.05, 3.63) is 12.2 Å². The summed E-state index contributed by atoms with van der Waals surface area (Å²) in [4.78, 5) is 24.4. The van der Waals surface area contributed by atoms with Crippen LogP contribution < -0.4 is 5.32 Å². The Morgan fingerprint density at radius 1 is 0.466 bits per heavy atom. The minimum atomic E-state index is -0.668. The maximum Gasteiger partial charge on any atom is 0.305 e. The Balaban J connectivity index is 3.39. The van der Waals surface area contributed by atoms with Crippen LogP contribution in [-0.4, -0.2) is 47.4 Å². The van der Waals surface area contributed by atoms with E-state index in [1.54, 1.807) is 0 Å². The molecular formula is C52H101NO5. The molecule has 0 aromatic carbocycles. The van der Waals surface area contributed by atoms with Gasteiger partial charge in [0.2, 0.25) is 5.91 Å². The van der Waals surface area contributed by atoms with Gasteiger partial charge in [0.05, 0.1) is 25.4 Å². The highest BCUT2D eigenvalue weighted by molar-refractivity contribution is 5.76. The van der Waals surface area contributed by atoms with E-state index in [0.29, 0.717) is 25.9 Å². The summed E-state index contributed by atoms with van der Waals surface area (Å²) in [5, 5.41) is 23.1. The molecule has 1 amide bonds. The number of amides is 1. The Bertz CT molecular complexity index is 863. The van der Waals surface area contributed by atoms with Crippen LogP contribution in [0.3, 0.4) is 0 Å². The number of ether oxygens (including phenoxy) is 1. The highest BCUT2D eigenvalue weighted by atomic mass is 16.5. The number of rotatable bonds is 48. The van der Waals surface area contributed by atoms with Crippen LogP contribution in [0.4, 0.5) is 0 Å². The van der Waals surface area contributed by atoms with Crippen LogP contribution >= 0.6 is 0 Å². The highest BCUT2D eigenvalue weighted by Gasteiger charge is 2.20. The third-order valence-electron chi connectivity index (χ3n) is 12.1. The quantitative estimate of drug-likeness (QED) is 0.0323. The van der Waals surface area contributed by atoms with Gasteiger partial charge in [0.15, 0.2) is 0 Å². The van der Waals surface area contributed by atoms with Crippen molar-refractivity contribution in [3.8, 4) is 0 Å². The lowest BCUT2D eigenvalue weighted by Crippen LogP contribution is -2.45. The smallest absolute Gasteiger partial charge is 0.305 e. The summed E-state index contributed by atoms with van der Waals surface area (Å²) in [5.74, 6) is -0.0529. The summed E-state index contributed by atoms with van der Waals surface area (Å²) in [7, 11) is 0. The number of carbonyl (C=O) groups excluding carboxylic acids is 2. The molecule has 6 heteroatoms. The number of hydrogen-bond acceptors (Lipinski definition) is 5. The third-order valence-corrected chi connectivity index (χ3v) is 12.1. The average Bonchev–Trinajstić information content (AvgIpc) is 3.22. The molecule has 2 unspecified atom stereocenters. The zero-order valence-corrected chi connectivity index (χ0v) is 39.0. The van der Waals surface area contributed by atoms with Gasteiger partial charge in [-0.2, -0.15) is 0 Å². The summed E-state index contributed by atoms with van der Waals surface area (Å²) in [6.45, 7) is 4.91. The fourth-order valence-electron chi connectivity index (χ4n) is 8.05. The number of esters is 1. The van der Waals surface area contributed by atoms with E-state index >= 15 is 0 Å². The number of unbranched alkanes of at least 4 members (excludes halogenated alkanes) is 35. The molecule has 0 heterocycles. The van der Waals surface area contributed by atoms with Crippen molar-refractivity contribution in [3.63, 3.8) is 0 Å². The number of carbonyl (C=O) groups is 2. The summed E-state index contributed by atoms with van der Waals surface area (Å²) < 4.78 is 5.47. The van der Waals surface area contributed by atoms with E-state index in [0.717, 1.165) is 51.4 Å².